The molecule has 0 saturated carbocycles. The Hall–Kier alpha value is -3.16. The zero-order chi connectivity index (χ0) is 22.3. The van der Waals surface area contributed by atoms with Crippen LogP contribution in [0.2, 0.25) is 0 Å². The minimum Gasteiger partial charge on any atom is -0.361 e. The zero-order valence-electron chi connectivity index (χ0n) is 16.5. The molecular formula is C18H17N5O6S2. The first-order valence-electron chi connectivity index (χ1n) is 9.13. The number of rotatable bonds is 5. The van der Waals surface area contributed by atoms with Gasteiger partial charge in [-0.25, -0.2) is 13.4 Å². The van der Waals surface area contributed by atoms with E-state index >= 15 is 0 Å². The molecule has 0 atom stereocenters. The van der Waals surface area contributed by atoms with Gasteiger partial charge in [0, 0.05) is 36.0 Å². The molecule has 11 nitrogen and oxygen atoms in total. The van der Waals surface area contributed by atoms with E-state index in [2.05, 4.69) is 15.5 Å². The number of nitro groups is 1. The summed E-state index contributed by atoms with van der Waals surface area (Å²) in [6.07, 6.45) is 0.359. The number of nitrogens with one attached hydrogen (secondary N) is 1. The number of amides is 1. The third-order valence-electron chi connectivity index (χ3n) is 4.78. The van der Waals surface area contributed by atoms with Crippen LogP contribution in [0, 0.1) is 24.0 Å². The van der Waals surface area contributed by atoms with E-state index in [0.717, 1.165) is 6.07 Å². The van der Waals surface area contributed by atoms with Crippen LogP contribution in [0.4, 0.5) is 10.8 Å². The lowest BCUT2D eigenvalue weighted by Crippen LogP contribution is -2.35. The molecule has 13 heteroatoms. The summed E-state index contributed by atoms with van der Waals surface area (Å²) in [4.78, 5) is 27.7. The van der Waals surface area contributed by atoms with Gasteiger partial charge in [-0.2, -0.15) is 4.31 Å². The molecule has 2 aromatic heterocycles. The molecule has 0 radical (unpaired) electrons. The predicted octanol–water partition coefficient (Wildman–Crippen LogP) is 2.66. The second kappa shape index (κ2) is 7.83. The Balaban J connectivity index is 1.56. The van der Waals surface area contributed by atoms with Crippen molar-refractivity contribution in [2.45, 2.75) is 31.7 Å². The third-order valence-corrected chi connectivity index (χ3v) is 7.76. The number of sulfonamides is 1. The highest BCUT2D eigenvalue weighted by molar-refractivity contribution is 7.89. The summed E-state index contributed by atoms with van der Waals surface area (Å²) in [5, 5.41) is 17.7. The highest BCUT2D eigenvalue weighted by Crippen LogP contribution is 2.33. The number of non-ortho nitro benzene ring substituents is 1. The molecule has 0 spiro atoms. The number of anilines is 1. The molecule has 31 heavy (non-hydrogen) atoms. The number of nitro benzene ring substituents is 1. The molecule has 4 rings (SSSR count). The summed E-state index contributed by atoms with van der Waals surface area (Å²) in [5.41, 5.74) is 0.971. The number of thiazole rings is 1. The largest absolute Gasteiger partial charge is 0.361 e. The van der Waals surface area contributed by atoms with Crippen molar-refractivity contribution in [1.29, 1.82) is 0 Å². The van der Waals surface area contributed by atoms with Gasteiger partial charge in [0.1, 0.15) is 5.76 Å². The average Bonchev–Trinajstić information content (AvgIpc) is 3.32. The third kappa shape index (κ3) is 4.06. The number of nitrogens with zero attached hydrogens (tertiary/aromatic N) is 4. The number of aryl methyl sites for hydroxylation is 2. The van der Waals surface area contributed by atoms with Crippen molar-refractivity contribution in [2.24, 2.45) is 0 Å². The highest BCUT2D eigenvalue weighted by atomic mass is 32.2. The van der Waals surface area contributed by atoms with Gasteiger partial charge in [0.25, 0.3) is 11.6 Å². The van der Waals surface area contributed by atoms with Gasteiger partial charge < -0.3 is 4.52 Å². The summed E-state index contributed by atoms with van der Waals surface area (Å²) < 4.78 is 32.5. The number of hydrogen-bond acceptors (Lipinski definition) is 9. The molecular weight excluding hydrogens is 446 g/mol. The first-order chi connectivity index (χ1) is 14.6. The van der Waals surface area contributed by atoms with Crippen molar-refractivity contribution in [2.75, 3.05) is 11.9 Å². The van der Waals surface area contributed by atoms with Crippen LogP contribution in [-0.2, 0) is 23.0 Å². The van der Waals surface area contributed by atoms with E-state index in [-0.39, 0.29) is 29.4 Å². The average molecular weight is 463 g/mol. The number of benzene rings is 1. The normalized spacial score (nSPS) is 14.3. The van der Waals surface area contributed by atoms with E-state index in [4.69, 9.17) is 4.52 Å². The smallest absolute Gasteiger partial charge is 0.279 e. The van der Waals surface area contributed by atoms with Crippen LogP contribution in [0.25, 0.3) is 0 Å². The zero-order valence-corrected chi connectivity index (χ0v) is 18.1. The number of carbonyl (C=O) groups excluding carboxylic acids is 1. The van der Waals surface area contributed by atoms with Crippen molar-refractivity contribution in [1.82, 2.24) is 14.4 Å². The maximum absolute atomic E-state index is 13.2. The summed E-state index contributed by atoms with van der Waals surface area (Å²) in [6, 6.07) is 5.28. The number of aromatic nitrogens is 2. The molecule has 1 aliphatic heterocycles. The lowest BCUT2D eigenvalue weighted by atomic mass is 10.2. The van der Waals surface area contributed by atoms with E-state index in [9.17, 15) is 23.3 Å². The number of carbonyl (C=O) groups is 1. The summed E-state index contributed by atoms with van der Waals surface area (Å²) >= 11 is 1.18. The van der Waals surface area contributed by atoms with Crippen LogP contribution in [0.1, 0.15) is 32.4 Å². The maximum Gasteiger partial charge on any atom is 0.279 e. The van der Waals surface area contributed by atoms with Crippen molar-refractivity contribution in [3.8, 4) is 0 Å². The van der Waals surface area contributed by atoms with Crippen LogP contribution >= 0.6 is 11.3 Å². The van der Waals surface area contributed by atoms with Gasteiger partial charge in [0.15, 0.2) is 10.8 Å². The Morgan fingerprint density at radius 1 is 1.32 bits per heavy atom. The molecule has 3 aromatic rings. The lowest BCUT2D eigenvalue weighted by molar-refractivity contribution is -0.385. The fraction of sp³-hybridized carbons (Fsp3) is 0.278. The minimum atomic E-state index is -3.95. The van der Waals surface area contributed by atoms with Gasteiger partial charge in [0.2, 0.25) is 10.0 Å². The Kier molecular flexibility index (Phi) is 5.33. The van der Waals surface area contributed by atoms with Crippen LogP contribution in [-0.4, -0.2) is 40.2 Å². The van der Waals surface area contributed by atoms with Crippen LogP contribution in [0.5, 0.6) is 0 Å². The van der Waals surface area contributed by atoms with E-state index in [1.807, 2.05) is 0 Å². The monoisotopic (exact) mass is 463 g/mol. The van der Waals surface area contributed by atoms with Crippen LogP contribution in [0.3, 0.4) is 0 Å². The fourth-order valence-electron chi connectivity index (χ4n) is 3.18. The van der Waals surface area contributed by atoms with Gasteiger partial charge in [-0.1, -0.05) is 11.2 Å². The summed E-state index contributed by atoms with van der Waals surface area (Å²) in [6.45, 7) is 3.51. The molecule has 1 aromatic carbocycles. The lowest BCUT2D eigenvalue weighted by Gasteiger charge is -2.25. The van der Waals surface area contributed by atoms with Crippen molar-refractivity contribution in [3.63, 3.8) is 0 Å². The minimum absolute atomic E-state index is 0.0659. The van der Waals surface area contributed by atoms with E-state index < -0.39 is 20.9 Å². The number of hydrogen-bond donors (Lipinski definition) is 1. The molecule has 0 unspecified atom stereocenters. The molecule has 3 heterocycles. The van der Waals surface area contributed by atoms with Crippen molar-refractivity contribution in [3.05, 3.63) is 62.0 Å². The quantitative estimate of drug-likeness (QED) is 0.448. The van der Waals surface area contributed by atoms with Gasteiger partial charge in [-0.3, -0.25) is 20.2 Å². The van der Waals surface area contributed by atoms with Crippen LogP contribution < -0.4 is 5.32 Å². The molecule has 0 saturated heterocycles. The first-order valence-corrected chi connectivity index (χ1v) is 11.4. The van der Waals surface area contributed by atoms with Crippen LogP contribution in [0.15, 0.2) is 33.7 Å². The maximum atomic E-state index is 13.2. The highest BCUT2D eigenvalue weighted by Gasteiger charge is 2.32. The van der Waals surface area contributed by atoms with E-state index in [0.29, 0.717) is 33.4 Å². The number of fused-ring (bicyclic) bond motifs is 1. The molecule has 162 valence electrons. The SMILES string of the molecule is Cc1cc(C(=O)Nc2nc3c(s2)CN(S(=O)(=O)c2cc([N+](=O)[O-])ccc2C)CC3)no1. The Morgan fingerprint density at radius 2 is 2.10 bits per heavy atom. The molecule has 0 aliphatic carbocycles. The Bertz CT molecular complexity index is 1300. The second-order valence-corrected chi connectivity index (χ2v) is 9.95. The van der Waals surface area contributed by atoms with E-state index in [1.165, 1.54) is 33.8 Å². The molecule has 1 aliphatic rings. The Morgan fingerprint density at radius 3 is 2.77 bits per heavy atom. The fourth-order valence-corrected chi connectivity index (χ4v) is 5.94. The summed E-state index contributed by atoms with van der Waals surface area (Å²) in [5.74, 6) is 0.0283. The molecule has 0 fully saturated rings. The van der Waals surface area contributed by atoms with Crippen molar-refractivity contribution >= 4 is 38.1 Å². The topological polar surface area (TPSA) is 149 Å². The molecule has 1 N–H and O–H groups in total. The van der Waals surface area contributed by atoms with E-state index in [1.54, 1.807) is 13.8 Å². The van der Waals surface area contributed by atoms with Crippen molar-refractivity contribution < 1.29 is 22.7 Å². The predicted molar refractivity (Wildman–Crippen MR) is 110 cm³/mol. The van der Waals surface area contributed by atoms with Gasteiger partial charge >= 0.3 is 0 Å². The summed E-state index contributed by atoms with van der Waals surface area (Å²) in [7, 11) is -3.95. The Labute approximate surface area is 180 Å². The molecule has 0 bridgehead atoms. The first kappa shape index (κ1) is 21.1. The van der Waals surface area contributed by atoms with Gasteiger partial charge in [-0.15, -0.1) is 11.3 Å². The van der Waals surface area contributed by atoms with Gasteiger partial charge in [-0.05, 0) is 19.4 Å². The van der Waals surface area contributed by atoms with Gasteiger partial charge in [0.05, 0.1) is 22.1 Å². The standard InChI is InChI=1S/C18H17N5O6S2/c1-10-3-4-12(23(25)26)8-16(10)31(27,28)22-6-5-13-15(9-22)30-18(19-13)20-17(24)14-7-11(2)29-21-14/h3-4,7-8H,5-6,9H2,1-2H3,(H,19,20,24). The second-order valence-electron chi connectivity index (χ2n) is 6.96. The molecule has 1 amide bonds.